The number of nitrogens with zero attached hydrogens (tertiary/aromatic N) is 1. The number of benzene rings is 1. The molecule has 112 valence electrons. The number of aliphatic hydroxyl groups excluding tert-OH is 1. The van der Waals surface area contributed by atoms with Crippen LogP contribution < -0.4 is 10.2 Å². The van der Waals surface area contributed by atoms with Gasteiger partial charge in [0.25, 0.3) is 0 Å². The molecular weight excluding hydrogens is 316 g/mol. The van der Waals surface area contributed by atoms with Gasteiger partial charge in [0.15, 0.2) is 0 Å². The van der Waals surface area contributed by atoms with Crippen LogP contribution >= 0.6 is 15.9 Å². The molecule has 0 bridgehead atoms. The van der Waals surface area contributed by atoms with E-state index in [9.17, 15) is 5.11 Å². The Labute approximate surface area is 130 Å². The molecule has 4 heteroatoms. The van der Waals surface area contributed by atoms with E-state index >= 15 is 0 Å². The fourth-order valence-corrected chi connectivity index (χ4v) is 3.50. The highest BCUT2D eigenvalue weighted by Gasteiger charge is 2.22. The molecule has 2 rings (SSSR count). The molecule has 1 heterocycles. The van der Waals surface area contributed by atoms with Gasteiger partial charge in [0, 0.05) is 17.6 Å². The van der Waals surface area contributed by atoms with Crippen molar-refractivity contribution in [1.82, 2.24) is 5.32 Å². The molecular formula is C16H25BrN2O. The molecule has 1 aromatic rings. The van der Waals surface area contributed by atoms with Crippen molar-refractivity contribution >= 4 is 21.6 Å². The Morgan fingerprint density at radius 1 is 1.35 bits per heavy atom. The van der Waals surface area contributed by atoms with Gasteiger partial charge in [0.2, 0.25) is 0 Å². The summed E-state index contributed by atoms with van der Waals surface area (Å²) in [4.78, 5) is 2.37. The molecule has 1 aromatic carbocycles. The van der Waals surface area contributed by atoms with E-state index in [0.717, 1.165) is 30.5 Å². The average molecular weight is 341 g/mol. The van der Waals surface area contributed by atoms with Gasteiger partial charge in [-0.2, -0.15) is 0 Å². The zero-order valence-electron chi connectivity index (χ0n) is 12.2. The second kappa shape index (κ2) is 8.01. The van der Waals surface area contributed by atoms with Gasteiger partial charge in [-0.05, 0) is 53.0 Å². The van der Waals surface area contributed by atoms with E-state index in [2.05, 4.69) is 51.3 Å². The number of hydrogen-bond acceptors (Lipinski definition) is 3. The molecule has 3 nitrogen and oxygen atoms in total. The summed E-state index contributed by atoms with van der Waals surface area (Å²) in [6.07, 6.45) is 4.78. The van der Waals surface area contributed by atoms with Crippen molar-refractivity contribution in [2.75, 3.05) is 24.6 Å². The average Bonchev–Trinajstić information content (AvgIpc) is 2.70. The molecule has 2 N–H and O–H groups in total. The smallest absolute Gasteiger partial charge is 0.0635 e. The normalized spacial score (nSPS) is 19.9. The summed E-state index contributed by atoms with van der Waals surface area (Å²) in [7, 11) is 0. The van der Waals surface area contributed by atoms with Crippen molar-refractivity contribution in [2.24, 2.45) is 0 Å². The van der Waals surface area contributed by atoms with E-state index < -0.39 is 0 Å². The first-order valence-corrected chi connectivity index (χ1v) is 8.42. The fraction of sp³-hybridized carbons (Fsp3) is 0.625. The Hall–Kier alpha value is -0.580. The van der Waals surface area contributed by atoms with Crippen molar-refractivity contribution < 1.29 is 5.11 Å². The monoisotopic (exact) mass is 340 g/mol. The predicted molar refractivity (Wildman–Crippen MR) is 88.2 cm³/mol. The van der Waals surface area contributed by atoms with Crippen LogP contribution in [0.5, 0.6) is 0 Å². The van der Waals surface area contributed by atoms with Gasteiger partial charge in [-0.15, -0.1) is 0 Å². The van der Waals surface area contributed by atoms with E-state index in [1.165, 1.54) is 30.5 Å². The fourth-order valence-electron chi connectivity index (χ4n) is 2.85. The topological polar surface area (TPSA) is 35.5 Å². The van der Waals surface area contributed by atoms with Crippen LogP contribution in [0.25, 0.3) is 0 Å². The molecule has 0 aromatic heterocycles. The molecule has 0 saturated carbocycles. The minimum Gasteiger partial charge on any atom is -0.394 e. The van der Waals surface area contributed by atoms with Gasteiger partial charge < -0.3 is 15.3 Å². The third kappa shape index (κ3) is 3.96. The third-order valence-corrected chi connectivity index (χ3v) is 4.62. The van der Waals surface area contributed by atoms with Gasteiger partial charge >= 0.3 is 0 Å². The van der Waals surface area contributed by atoms with Gasteiger partial charge in [-0.25, -0.2) is 0 Å². The third-order valence-electron chi connectivity index (χ3n) is 3.99. The van der Waals surface area contributed by atoms with Crippen molar-refractivity contribution in [3.05, 3.63) is 28.2 Å². The van der Waals surface area contributed by atoms with Crippen LogP contribution in [0.1, 0.15) is 38.2 Å². The standard InChI is InChI=1S/C16H25BrN2O/c1-2-18-11-13-7-8-16(15(17)10-13)19-9-5-3-4-6-14(19)12-20/h7-8,10,14,18,20H,2-6,9,11-12H2,1H3. The number of aliphatic hydroxyl groups is 1. The molecule has 1 atom stereocenters. The molecule has 0 spiro atoms. The lowest BCUT2D eigenvalue weighted by molar-refractivity contribution is 0.255. The molecule has 1 unspecified atom stereocenters. The SMILES string of the molecule is CCNCc1ccc(N2CCCCCC2CO)c(Br)c1. The first-order chi connectivity index (χ1) is 9.76. The molecule has 1 aliphatic heterocycles. The van der Waals surface area contributed by atoms with Crippen molar-refractivity contribution in [3.8, 4) is 0 Å². The lowest BCUT2D eigenvalue weighted by atomic mass is 10.1. The Bertz CT molecular complexity index is 425. The maximum atomic E-state index is 9.64. The van der Waals surface area contributed by atoms with Gasteiger partial charge in [0.1, 0.15) is 0 Å². The summed E-state index contributed by atoms with van der Waals surface area (Å²) in [5, 5.41) is 13.0. The van der Waals surface area contributed by atoms with E-state index in [4.69, 9.17) is 0 Å². The van der Waals surface area contributed by atoms with Crippen LogP contribution in [-0.2, 0) is 6.54 Å². The summed E-state index contributed by atoms with van der Waals surface area (Å²) in [6, 6.07) is 6.82. The van der Waals surface area contributed by atoms with E-state index in [1.807, 2.05) is 0 Å². The van der Waals surface area contributed by atoms with Gasteiger partial charge in [0.05, 0.1) is 18.3 Å². The van der Waals surface area contributed by atoms with Crippen molar-refractivity contribution in [2.45, 2.75) is 45.2 Å². The molecule has 0 radical (unpaired) electrons. The first-order valence-electron chi connectivity index (χ1n) is 7.63. The maximum Gasteiger partial charge on any atom is 0.0635 e. The highest BCUT2D eigenvalue weighted by Crippen LogP contribution is 2.31. The summed E-state index contributed by atoms with van der Waals surface area (Å²) >= 11 is 3.71. The highest BCUT2D eigenvalue weighted by atomic mass is 79.9. The molecule has 1 saturated heterocycles. The second-order valence-corrected chi connectivity index (χ2v) is 6.30. The Kier molecular flexibility index (Phi) is 6.33. The van der Waals surface area contributed by atoms with Crippen LogP contribution in [0.3, 0.4) is 0 Å². The van der Waals surface area contributed by atoms with Gasteiger partial charge in [-0.3, -0.25) is 0 Å². The minimum absolute atomic E-state index is 0.242. The van der Waals surface area contributed by atoms with Crippen LogP contribution in [0.4, 0.5) is 5.69 Å². The lowest BCUT2D eigenvalue weighted by Gasteiger charge is -2.32. The Morgan fingerprint density at radius 3 is 2.90 bits per heavy atom. The van der Waals surface area contributed by atoms with Crippen LogP contribution in [0.15, 0.2) is 22.7 Å². The van der Waals surface area contributed by atoms with E-state index in [-0.39, 0.29) is 12.6 Å². The van der Waals surface area contributed by atoms with Gasteiger partial charge in [-0.1, -0.05) is 25.8 Å². The predicted octanol–water partition coefficient (Wildman–Crippen LogP) is 3.30. The number of halogens is 1. The molecule has 0 aliphatic carbocycles. The molecule has 0 amide bonds. The number of anilines is 1. The molecule has 20 heavy (non-hydrogen) atoms. The summed E-state index contributed by atoms with van der Waals surface area (Å²) in [6.45, 7) is 5.28. The zero-order valence-corrected chi connectivity index (χ0v) is 13.8. The van der Waals surface area contributed by atoms with Crippen LogP contribution in [0.2, 0.25) is 0 Å². The minimum atomic E-state index is 0.242. The number of nitrogens with one attached hydrogen (secondary N) is 1. The number of hydrogen-bond donors (Lipinski definition) is 2. The van der Waals surface area contributed by atoms with Crippen LogP contribution in [0, 0.1) is 0 Å². The largest absolute Gasteiger partial charge is 0.394 e. The summed E-state index contributed by atoms with van der Waals surface area (Å²) in [5.41, 5.74) is 2.50. The quantitative estimate of drug-likeness (QED) is 0.863. The van der Waals surface area contributed by atoms with E-state index in [0.29, 0.717) is 0 Å². The second-order valence-electron chi connectivity index (χ2n) is 5.45. The Morgan fingerprint density at radius 2 is 2.20 bits per heavy atom. The number of rotatable bonds is 5. The maximum absolute atomic E-state index is 9.64. The molecule has 1 aliphatic rings. The zero-order chi connectivity index (χ0) is 14.4. The highest BCUT2D eigenvalue weighted by molar-refractivity contribution is 9.10. The summed E-state index contributed by atoms with van der Waals surface area (Å²) in [5.74, 6) is 0. The van der Waals surface area contributed by atoms with E-state index in [1.54, 1.807) is 0 Å². The Balaban J connectivity index is 2.17. The van der Waals surface area contributed by atoms with Crippen molar-refractivity contribution in [1.29, 1.82) is 0 Å². The van der Waals surface area contributed by atoms with Crippen LogP contribution in [-0.4, -0.2) is 30.8 Å². The lowest BCUT2D eigenvalue weighted by Crippen LogP contribution is -2.37. The summed E-state index contributed by atoms with van der Waals surface area (Å²) < 4.78 is 1.13. The molecule has 1 fully saturated rings. The van der Waals surface area contributed by atoms with Crippen molar-refractivity contribution in [3.63, 3.8) is 0 Å². The first kappa shape index (κ1) is 15.8.